The molecule has 296 valence electrons. The third kappa shape index (κ3) is 33.6. The van der Waals surface area contributed by atoms with Crippen molar-refractivity contribution in [2.75, 3.05) is 0 Å². The molecule has 0 aliphatic heterocycles. The van der Waals surface area contributed by atoms with Crippen molar-refractivity contribution in [2.45, 2.75) is 146 Å². The van der Waals surface area contributed by atoms with Gasteiger partial charge in [-0.3, -0.25) is 0 Å². The number of benzene rings is 3. The highest BCUT2D eigenvalue weighted by Gasteiger charge is 2.09. The molecule has 1 atom stereocenters. The summed E-state index contributed by atoms with van der Waals surface area (Å²) in [4.78, 5) is 4.23. The van der Waals surface area contributed by atoms with Crippen molar-refractivity contribution in [2.24, 2.45) is 11.7 Å². The smallest absolute Gasteiger partial charge is 0.0957 e. The second-order valence-electron chi connectivity index (χ2n) is 14.0. The molecular weight excluding hydrogens is 643 g/mol. The largest absolute Gasteiger partial charge is 0.326 e. The van der Waals surface area contributed by atoms with Gasteiger partial charge in [-0.25, -0.2) is 4.98 Å². The van der Waals surface area contributed by atoms with Crippen LogP contribution in [0.15, 0.2) is 141 Å². The Hall–Kier alpha value is -3.95. The Balaban J connectivity index is -0.000000593. The van der Waals surface area contributed by atoms with Crippen LogP contribution in [0.4, 0.5) is 0 Å². The maximum absolute atomic E-state index is 5.58. The van der Waals surface area contributed by atoms with Crippen LogP contribution in [0.5, 0.6) is 0 Å². The first-order valence-corrected chi connectivity index (χ1v) is 20.0. The molecule has 3 nitrogen and oxygen atoms in total. The average Bonchev–Trinajstić information content (AvgIpc) is 3.57. The molecule has 1 unspecified atom stereocenters. The van der Waals surface area contributed by atoms with Crippen molar-refractivity contribution >= 4 is 0 Å². The number of rotatable bonds is 12. The third-order valence-electron chi connectivity index (χ3n) is 7.75. The van der Waals surface area contributed by atoms with Crippen molar-refractivity contribution < 1.29 is 0 Å². The zero-order valence-electron chi connectivity index (χ0n) is 36.4. The van der Waals surface area contributed by atoms with E-state index in [0.717, 1.165) is 17.2 Å². The summed E-state index contributed by atoms with van der Waals surface area (Å²) >= 11 is 0. The van der Waals surface area contributed by atoms with Gasteiger partial charge in [-0.2, -0.15) is 0 Å². The van der Waals surface area contributed by atoms with Crippen molar-refractivity contribution in [3.63, 3.8) is 0 Å². The molecule has 0 bridgehead atoms. The maximum Gasteiger partial charge on any atom is 0.0957 e. The van der Waals surface area contributed by atoms with Crippen LogP contribution in [0, 0.1) is 19.8 Å². The Bertz CT molecular complexity index is 1340. The second-order valence-corrected chi connectivity index (χ2v) is 14.0. The summed E-state index contributed by atoms with van der Waals surface area (Å²) in [6.07, 6.45) is 18.5. The summed E-state index contributed by atoms with van der Waals surface area (Å²) in [6, 6.07) is 31.4. The van der Waals surface area contributed by atoms with Crippen molar-refractivity contribution in [1.82, 2.24) is 9.55 Å². The van der Waals surface area contributed by atoms with Crippen LogP contribution < -0.4 is 5.73 Å². The standard InChI is InChI=1S/C13H14N2.C12H18.C7H8.C7H16.C6H13N.C3H6.C2H6/c1-3-13(12-7-5-4-6-8-12)15-9-11(2)14-10-15;1-11(2)7-6-10-12-8-4-3-5-9-12;1-7-5-3-2-4-6-7;1-3-5-7-6-4-2;1-5(2)6(3,4)7;1-3-2;1-2/h3-10,13H,1H2,2H3;3-5,8-9,11H,6-7,10H2,1-2H3;2-6H,1H3;3-7H2,1-2H3;1,7H2,2-4H3;3H,1H2,2H3;1-2H3. The topological polar surface area (TPSA) is 43.8 Å². The highest BCUT2D eigenvalue weighted by molar-refractivity contribution is 5.24. The number of hydrogen-bond acceptors (Lipinski definition) is 2. The van der Waals surface area contributed by atoms with Crippen molar-refractivity contribution in [1.29, 1.82) is 0 Å². The first-order valence-electron chi connectivity index (χ1n) is 20.0. The number of hydrogen-bond donors (Lipinski definition) is 1. The fourth-order valence-corrected chi connectivity index (χ4v) is 4.24. The summed E-state index contributed by atoms with van der Waals surface area (Å²) in [5.74, 6) is 0.841. The van der Waals surface area contributed by atoms with Crippen molar-refractivity contribution in [3.05, 3.63) is 163 Å². The number of nitrogens with zero attached hydrogens (tertiary/aromatic N) is 2. The zero-order valence-corrected chi connectivity index (χ0v) is 36.4. The lowest BCUT2D eigenvalue weighted by molar-refractivity contribution is 0.556. The van der Waals surface area contributed by atoms with E-state index in [1.54, 1.807) is 6.08 Å². The van der Waals surface area contributed by atoms with Gasteiger partial charge in [0, 0.05) is 11.7 Å². The number of unbranched alkanes of at least 4 members (excludes halogenated alkanes) is 4. The summed E-state index contributed by atoms with van der Waals surface area (Å²) in [5, 5.41) is 0. The van der Waals surface area contributed by atoms with Gasteiger partial charge in [0.05, 0.1) is 18.1 Å². The fourth-order valence-electron chi connectivity index (χ4n) is 4.24. The Morgan fingerprint density at radius 2 is 1.23 bits per heavy atom. The molecule has 3 aromatic carbocycles. The molecule has 0 aliphatic carbocycles. The maximum atomic E-state index is 5.58. The van der Waals surface area contributed by atoms with E-state index in [1.165, 1.54) is 68.1 Å². The number of aryl methyl sites for hydroxylation is 3. The predicted molar refractivity (Wildman–Crippen MR) is 242 cm³/mol. The van der Waals surface area contributed by atoms with Gasteiger partial charge in [0.25, 0.3) is 0 Å². The molecule has 53 heavy (non-hydrogen) atoms. The van der Waals surface area contributed by atoms with E-state index in [1.807, 2.05) is 103 Å². The molecule has 0 amide bonds. The Morgan fingerprint density at radius 1 is 0.792 bits per heavy atom. The SMILES string of the molecule is C=C(C)C(C)(C)N.C=CC.C=CC(c1ccccc1)n1cnc(C)c1.CC.CC(C)CCCc1ccccc1.CCCCCCC.Cc1ccccc1. The van der Waals surface area contributed by atoms with E-state index in [-0.39, 0.29) is 11.6 Å². The molecule has 3 heteroatoms. The first kappa shape index (κ1) is 53.4. The lowest BCUT2D eigenvalue weighted by atomic mass is 9.99. The van der Waals surface area contributed by atoms with E-state index in [4.69, 9.17) is 5.73 Å². The van der Waals surface area contributed by atoms with Gasteiger partial charge in [0.15, 0.2) is 0 Å². The highest BCUT2D eigenvalue weighted by Crippen LogP contribution is 2.19. The molecule has 0 radical (unpaired) electrons. The Morgan fingerprint density at radius 3 is 1.55 bits per heavy atom. The first-order chi connectivity index (χ1) is 25.3. The van der Waals surface area contributed by atoms with Crippen LogP contribution in [0.2, 0.25) is 0 Å². The van der Waals surface area contributed by atoms with Gasteiger partial charge in [-0.1, -0.05) is 201 Å². The molecule has 0 spiro atoms. The van der Waals surface area contributed by atoms with Gasteiger partial charge in [-0.05, 0) is 71.4 Å². The molecule has 2 N–H and O–H groups in total. The minimum Gasteiger partial charge on any atom is -0.326 e. The number of aromatic nitrogens is 2. The van der Waals surface area contributed by atoms with E-state index >= 15 is 0 Å². The molecule has 4 rings (SSSR count). The van der Waals surface area contributed by atoms with Crippen LogP contribution >= 0.6 is 0 Å². The minimum atomic E-state index is -0.194. The molecule has 0 saturated carbocycles. The Kier molecular flexibility index (Phi) is 36.7. The average molecular weight is 724 g/mol. The molecule has 4 aromatic rings. The second kappa shape index (κ2) is 36.4. The van der Waals surface area contributed by atoms with Gasteiger partial charge in [0.1, 0.15) is 0 Å². The molecule has 0 saturated heterocycles. The van der Waals surface area contributed by atoms with Crippen LogP contribution in [0.1, 0.15) is 143 Å². The van der Waals surface area contributed by atoms with Gasteiger partial charge < -0.3 is 10.3 Å². The quantitative estimate of drug-likeness (QED) is 0.117. The Labute approximate surface area is 329 Å². The molecular formula is C50H81N3. The molecule has 0 aliphatic rings. The number of nitrogens with two attached hydrogens (primary N) is 1. The van der Waals surface area contributed by atoms with E-state index in [0.29, 0.717) is 0 Å². The monoisotopic (exact) mass is 724 g/mol. The third-order valence-corrected chi connectivity index (χ3v) is 7.75. The molecule has 1 heterocycles. The normalized spacial score (nSPS) is 10.2. The van der Waals surface area contributed by atoms with Crippen LogP contribution in [0.25, 0.3) is 0 Å². The van der Waals surface area contributed by atoms with E-state index < -0.39 is 0 Å². The van der Waals surface area contributed by atoms with E-state index in [9.17, 15) is 0 Å². The zero-order chi connectivity index (χ0) is 40.9. The number of imidazole rings is 1. The van der Waals surface area contributed by atoms with Gasteiger partial charge in [-0.15, -0.1) is 13.2 Å². The van der Waals surface area contributed by atoms with Crippen LogP contribution in [-0.4, -0.2) is 15.1 Å². The molecule has 1 aromatic heterocycles. The van der Waals surface area contributed by atoms with Crippen molar-refractivity contribution in [3.8, 4) is 0 Å². The van der Waals surface area contributed by atoms with Crippen LogP contribution in [0.3, 0.4) is 0 Å². The lowest BCUT2D eigenvalue weighted by Gasteiger charge is -2.17. The van der Waals surface area contributed by atoms with E-state index in [2.05, 4.69) is 119 Å². The lowest BCUT2D eigenvalue weighted by Crippen LogP contribution is -2.32. The predicted octanol–water partition coefficient (Wildman–Crippen LogP) is 15.1. The number of allylic oxidation sites excluding steroid dienone is 2. The van der Waals surface area contributed by atoms with Gasteiger partial charge in [0.2, 0.25) is 0 Å². The summed E-state index contributed by atoms with van der Waals surface area (Å²) in [6.45, 7) is 35.8. The van der Waals surface area contributed by atoms with Gasteiger partial charge >= 0.3 is 0 Å². The minimum absolute atomic E-state index is 0.174. The summed E-state index contributed by atoms with van der Waals surface area (Å²) in [5.41, 5.74) is 11.4. The summed E-state index contributed by atoms with van der Waals surface area (Å²) < 4.78 is 2.07. The summed E-state index contributed by atoms with van der Waals surface area (Å²) in [7, 11) is 0. The molecule has 0 fully saturated rings. The van der Waals surface area contributed by atoms with Crippen LogP contribution in [-0.2, 0) is 6.42 Å². The highest BCUT2D eigenvalue weighted by atomic mass is 15.1. The fraction of sp³-hybridized carbons (Fsp3) is 0.460.